The molecule has 4 nitrogen and oxygen atoms in total. The second-order valence-electron chi connectivity index (χ2n) is 9.03. The lowest BCUT2D eigenvalue weighted by atomic mass is 9.69. The van der Waals surface area contributed by atoms with Crippen molar-refractivity contribution in [1.82, 2.24) is 5.32 Å². The van der Waals surface area contributed by atoms with Gasteiger partial charge in [0, 0.05) is 12.0 Å². The smallest absolute Gasteiger partial charge is 0.407 e. The number of alkyl carbamates (subject to hydrolysis) is 1. The molecule has 0 aromatic heterocycles. The number of carbonyl (C=O) groups excluding carboxylic acids is 1. The van der Waals surface area contributed by atoms with Gasteiger partial charge >= 0.3 is 6.09 Å². The largest absolute Gasteiger partial charge is 0.449 e. The Morgan fingerprint density at radius 1 is 1.00 bits per heavy atom. The van der Waals surface area contributed by atoms with Gasteiger partial charge in [-0.1, -0.05) is 61.4 Å². The SMILES string of the molecule is O=C(NC1CCC(O)C2(CCCC2)C1)OCC1c2ccccc2-c2ccccc21. The maximum Gasteiger partial charge on any atom is 0.407 e. The van der Waals surface area contributed by atoms with Crippen molar-refractivity contribution >= 4 is 6.09 Å². The van der Waals surface area contributed by atoms with Gasteiger partial charge < -0.3 is 15.2 Å². The number of aliphatic hydroxyl groups is 1. The molecule has 1 amide bonds. The minimum absolute atomic E-state index is 0.0134. The van der Waals surface area contributed by atoms with Crippen LogP contribution in [0.3, 0.4) is 0 Å². The van der Waals surface area contributed by atoms with E-state index < -0.39 is 0 Å². The fourth-order valence-corrected chi connectivity index (χ4v) is 5.94. The maximum atomic E-state index is 12.6. The van der Waals surface area contributed by atoms with Crippen LogP contribution >= 0.6 is 0 Å². The van der Waals surface area contributed by atoms with E-state index in [9.17, 15) is 9.90 Å². The van der Waals surface area contributed by atoms with Gasteiger partial charge in [0.15, 0.2) is 0 Å². The molecule has 1 spiro atoms. The molecular formula is C25H29NO3. The van der Waals surface area contributed by atoms with E-state index in [2.05, 4.69) is 41.7 Å². The molecular weight excluding hydrogens is 362 g/mol. The highest BCUT2D eigenvalue weighted by molar-refractivity contribution is 5.79. The summed E-state index contributed by atoms with van der Waals surface area (Å²) < 4.78 is 5.71. The van der Waals surface area contributed by atoms with Crippen LogP contribution in [-0.4, -0.2) is 30.0 Å². The van der Waals surface area contributed by atoms with Crippen LogP contribution in [0.2, 0.25) is 0 Å². The van der Waals surface area contributed by atoms with Gasteiger partial charge in [0.05, 0.1) is 6.10 Å². The molecule has 0 heterocycles. The highest BCUT2D eigenvalue weighted by Gasteiger charge is 2.45. The van der Waals surface area contributed by atoms with Crippen LogP contribution in [0, 0.1) is 5.41 Å². The number of fused-ring (bicyclic) bond motifs is 3. The first kappa shape index (κ1) is 18.7. The lowest BCUT2D eigenvalue weighted by molar-refractivity contribution is -0.0188. The van der Waals surface area contributed by atoms with Gasteiger partial charge in [0.2, 0.25) is 0 Å². The zero-order valence-corrected chi connectivity index (χ0v) is 16.8. The van der Waals surface area contributed by atoms with Crippen LogP contribution < -0.4 is 5.32 Å². The summed E-state index contributed by atoms with van der Waals surface area (Å²) in [7, 11) is 0. The van der Waals surface area contributed by atoms with Crippen molar-refractivity contribution in [2.75, 3.05) is 6.61 Å². The number of carbonyl (C=O) groups is 1. The molecule has 2 aromatic rings. The second kappa shape index (κ2) is 7.49. The quantitative estimate of drug-likeness (QED) is 0.774. The van der Waals surface area contributed by atoms with Gasteiger partial charge in [-0.25, -0.2) is 4.79 Å². The molecule has 0 saturated heterocycles. The topological polar surface area (TPSA) is 58.6 Å². The first-order valence-electron chi connectivity index (χ1n) is 11.0. The van der Waals surface area contributed by atoms with Crippen molar-refractivity contribution in [2.45, 2.75) is 63.0 Å². The minimum atomic E-state index is -0.332. The van der Waals surface area contributed by atoms with E-state index in [1.54, 1.807) is 0 Å². The van der Waals surface area contributed by atoms with Crippen molar-refractivity contribution in [1.29, 1.82) is 0 Å². The summed E-state index contributed by atoms with van der Waals surface area (Å²) in [4.78, 5) is 12.6. The summed E-state index contributed by atoms with van der Waals surface area (Å²) in [5.74, 6) is 0.0857. The molecule has 3 aliphatic carbocycles. The molecule has 2 saturated carbocycles. The van der Waals surface area contributed by atoms with Crippen LogP contribution in [0.1, 0.15) is 62.0 Å². The van der Waals surface area contributed by atoms with Crippen molar-refractivity contribution in [3.05, 3.63) is 59.7 Å². The third-order valence-corrected chi connectivity index (χ3v) is 7.41. The molecule has 5 rings (SSSR count). The molecule has 2 unspecified atom stereocenters. The van der Waals surface area contributed by atoms with Crippen LogP contribution in [0.4, 0.5) is 4.79 Å². The minimum Gasteiger partial charge on any atom is -0.449 e. The molecule has 3 aliphatic rings. The normalized spacial score (nSPS) is 24.9. The predicted octanol–water partition coefficient (Wildman–Crippen LogP) is 5.00. The van der Waals surface area contributed by atoms with Crippen molar-refractivity contribution in [2.24, 2.45) is 5.41 Å². The van der Waals surface area contributed by atoms with Crippen molar-refractivity contribution < 1.29 is 14.6 Å². The number of amides is 1. The summed E-state index contributed by atoms with van der Waals surface area (Å²) in [6.45, 7) is 0.348. The number of benzene rings is 2. The van der Waals surface area contributed by atoms with E-state index in [1.165, 1.54) is 35.1 Å². The molecule has 29 heavy (non-hydrogen) atoms. The van der Waals surface area contributed by atoms with E-state index in [4.69, 9.17) is 4.74 Å². The zero-order valence-electron chi connectivity index (χ0n) is 16.8. The maximum absolute atomic E-state index is 12.6. The third kappa shape index (κ3) is 3.33. The number of ether oxygens (including phenoxy) is 1. The molecule has 0 bridgehead atoms. The average Bonchev–Trinajstić information content (AvgIpc) is 3.33. The fraction of sp³-hybridized carbons (Fsp3) is 0.480. The van der Waals surface area contributed by atoms with Crippen LogP contribution in [0.15, 0.2) is 48.5 Å². The Labute approximate surface area is 172 Å². The summed E-state index contributed by atoms with van der Waals surface area (Å²) in [6.07, 6.45) is 6.46. The number of hydrogen-bond donors (Lipinski definition) is 2. The summed E-state index contributed by atoms with van der Waals surface area (Å²) in [5, 5.41) is 13.6. The predicted molar refractivity (Wildman–Crippen MR) is 113 cm³/mol. The number of nitrogens with one attached hydrogen (secondary N) is 1. The Balaban J connectivity index is 1.24. The zero-order chi connectivity index (χ0) is 19.8. The molecule has 2 fully saturated rings. The summed E-state index contributed by atoms with van der Waals surface area (Å²) >= 11 is 0. The Morgan fingerprint density at radius 3 is 2.28 bits per heavy atom. The van der Waals surface area contributed by atoms with E-state index in [1.807, 2.05) is 12.1 Å². The van der Waals surface area contributed by atoms with Gasteiger partial charge in [-0.3, -0.25) is 0 Å². The standard InChI is InChI=1S/C25H29NO3/c27-23-12-11-17(15-25(23)13-5-6-14-25)26-24(28)29-16-22-20-9-3-1-7-18(20)19-8-2-4-10-21(19)22/h1-4,7-10,17,22-23,27H,5-6,11-16H2,(H,26,28). The molecule has 0 radical (unpaired) electrons. The first-order chi connectivity index (χ1) is 14.2. The van der Waals surface area contributed by atoms with E-state index in [0.717, 1.165) is 32.1 Å². The third-order valence-electron chi connectivity index (χ3n) is 7.41. The number of hydrogen-bond acceptors (Lipinski definition) is 3. The fourth-order valence-electron chi connectivity index (χ4n) is 5.94. The highest BCUT2D eigenvalue weighted by atomic mass is 16.5. The second-order valence-corrected chi connectivity index (χ2v) is 9.03. The summed E-state index contributed by atoms with van der Waals surface area (Å²) in [5.41, 5.74) is 4.95. The van der Waals surface area contributed by atoms with E-state index in [0.29, 0.717) is 6.61 Å². The van der Waals surface area contributed by atoms with E-state index in [-0.39, 0.29) is 29.6 Å². The molecule has 0 aliphatic heterocycles. The summed E-state index contributed by atoms with van der Waals surface area (Å²) in [6, 6.07) is 16.9. The highest BCUT2D eigenvalue weighted by Crippen LogP contribution is 2.49. The van der Waals surface area contributed by atoms with Gasteiger partial charge in [0.25, 0.3) is 0 Å². The van der Waals surface area contributed by atoms with Crippen LogP contribution in [0.25, 0.3) is 11.1 Å². The van der Waals surface area contributed by atoms with Crippen molar-refractivity contribution in [3.63, 3.8) is 0 Å². The van der Waals surface area contributed by atoms with Crippen molar-refractivity contribution in [3.8, 4) is 11.1 Å². The monoisotopic (exact) mass is 391 g/mol. The number of rotatable bonds is 3. The Bertz CT molecular complexity index is 857. The van der Waals surface area contributed by atoms with Gasteiger partial charge in [-0.05, 0) is 59.8 Å². The molecule has 2 aromatic carbocycles. The van der Waals surface area contributed by atoms with Gasteiger partial charge in [-0.2, -0.15) is 0 Å². The Morgan fingerprint density at radius 2 is 1.62 bits per heavy atom. The average molecular weight is 392 g/mol. The lowest BCUT2D eigenvalue weighted by Crippen LogP contribution is -2.47. The van der Waals surface area contributed by atoms with Gasteiger partial charge in [0.1, 0.15) is 6.61 Å². The number of aliphatic hydroxyl groups excluding tert-OH is 1. The van der Waals surface area contributed by atoms with Crippen LogP contribution in [-0.2, 0) is 4.74 Å². The van der Waals surface area contributed by atoms with E-state index >= 15 is 0 Å². The molecule has 152 valence electrons. The lowest BCUT2D eigenvalue weighted by Gasteiger charge is -2.42. The molecule has 4 heteroatoms. The van der Waals surface area contributed by atoms with Gasteiger partial charge in [-0.15, -0.1) is 0 Å². The Hall–Kier alpha value is -2.33. The molecule has 2 atom stereocenters. The Kier molecular flexibility index (Phi) is 4.83. The first-order valence-corrected chi connectivity index (χ1v) is 11.0. The molecule has 2 N–H and O–H groups in total. The van der Waals surface area contributed by atoms with Crippen LogP contribution in [0.5, 0.6) is 0 Å².